The summed E-state index contributed by atoms with van der Waals surface area (Å²) in [4.78, 5) is 33.0. The maximum absolute atomic E-state index is 16.8. The summed E-state index contributed by atoms with van der Waals surface area (Å²) in [6.45, 7) is 7.28. The number of rotatable bonds is 6. The monoisotopic (exact) mass is 660 g/mol. The van der Waals surface area contributed by atoms with Crippen LogP contribution in [0.2, 0.25) is 5.02 Å². The Morgan fingerprint density at radius 2 is 2.02 bits per heavy atom. The molecule has 4 fully saturated rings. The van der Waals surface area contributed by atoms with Gasteiger partial charge in [-0.2, -0.15) is 9.97 Å². The van der Waals surface area contributed by atoms with Crippen LogP contribution in [0.15, 0.2) is 55.3 Å². The van der Waals surface area contributed by atoms with Crippen LogP contribution in [0.25, 0.3) is 32.9 Å². The van der Waals surface area contributed by atoms with E-state index in [-0.39, 0.29) is 29.7 Å². The minimum Gasteiger partial charge on any atom is -0.461 e. The van der Waals surface area contributed by atoms with Gasteiger partial charge in [0.2, 0.25) is 5.91 Å². The molecule has 0 saturated carbocycles. The summed E-state index contributed by atoms with van der Waals surface area (Å²) in [5.41, 5.74) is -0.284. The minimum absolute atomic E-state index is 0.0179. The Bertz CT molecular complexity index is 1900. The highest BCUT2D eigenvalue weighted by molar-refractivity contribution is 6.36. The Morgan fingerprint density at radius 1 is 1.17 bits per heavy atom. The third kappa shape index (κ3) is 5.01. The molecule has 2 aromatic carbocycles. The quantitative estimate of drug-likeness (QED) is 0.248. The Kier molecular flexibility index (Phi) is 7.53. The smallest absolute Gasteiger partial charge is 0.319 e. The molecule has 244 valence electrons. The molecule has 2 aromatic heterocycles. The second-order valence-corrected chi connectivity index (χ2v) is 13.6. The van der Waals surface area contributed by atoms with Crippen LogP contribution in [0.1, 0.15) is 25.7 Å². The molecule has 4 aliphatic rings. The van der Waals surface area contributed by atoms with E-state index in [1.165, 1.54) is 6.08 Å². The van der Waals surface area contributed by atoms with Crippen molar-refractivity contribution in [2.75, 3.05) is 57.4 Å². The van der Waals surface area contributed by atoms with Crippen LogP contribution >= 0.6 is 11.6 Å². The third-order valence-electron chi connectivity index (χ3n) is 10.5. The van der Waals surface area contributed by atoms with Crippen LogP contribution in [-0.4, -0.2) is 100 Å². The van der Waals surface area contributed by atoms with Gasteiger partial charge in [-0.25, -0.2) is 8.78 Å². The Hall–Kier alpha value is -3.93. The largest absolute Gasteiger partial charge is 0.461 e. The molecule has 4 aliphatic heterocycles. The number of hydrogen-bond donors (Lipinski definition) is 0. The van der Waals surface area contributed by atoms with Crippen LogP contribution in [0.5, 0.6) is 6.01 Å². The predicted octanol–water partition coefficient (Wildman–Crippen LogP) is 5.59. The summed E-state index contributed by atoms with van der Waals surface area (Å²) >= 11 is 6.62. The van der Waals surface area contributed by atoms with Gasteiger partial charge in [0, 0.05) is 61.4 Å². The lowest BCUT2D eigenvalue weighted by Crippen LogP contribution is -2.64. The van der Waals surface area contributed by atoms with Gasteiger partial charge < -0.3 is 19.3 Å². The fourth-order valence-electron chi connectivity index (χ4n) is 8.20. The molecule has 6 heterocycles. The number of ether oxygens (including phenoxy) is 2. The number of anilines is 1. The molecule has 8 rings (SSSR count). The number of amides is 1. The van der Waals surface area contributed by atoms with Crippen molar-refractivity contribution in [1.29, 1.82) is 0 Å². The number of nitrogens with zero attached hydrogens (tertiary/aromatic N) is 6. The SMILES string of the molecule is C=CC(=O)N1CCN(c2nc(OC[C@@]34CCCN3C[C@H](F)C4)nc3c(F)c(-c4cccc5cccc(Cl)c45)ncc23)C[C@]12CCOC2. The zero-order valence-electron chi connectivity index (χ0n) is 25.9. The molecular weight excluding hydrogens is 626 g/mol. The summed E-state index contributed by atoms with van der Waals surface area (Å²) in [7, 11) is 0. The van der Waals surface area contributed by atoms with Crippen molar-refractivity contribution in [1.82, 2.24) is 24.8 Å². The number of carbonyl (C=O) groups excluding carboxylic acids is 1. The number of fused-ring (bicyclic) bond motifs is 3. The van der Waals surface area contributed by atoms with E-state index in [2.05, 4.69) is 21.4 Å². The first-order valence-corrected chi connectivity index (χ1v) is 16.5. The minimum atomic E-state index is -0.912. The van der Waals surface area contributed by atoms with Crippen molar-refractivity contribution in [2.24, 2.45) is 0 Å². The third-order valence-corrected chi connectivity index (χ3v) is 10.8. The lowest BCUT2D eigenvalue weighted by atomic mass is 9.92. The number of hydrogen-bond acceptors (Lipinski definition) is 8. The molecule has 3 atom stereocenters. The first kappa shape index (κ1) is 30.4. The van der Waals surface area contributed by atoms with Gasteiger partial charge in [0.1, 0.15) is 29.8 Å². The molecule has 1 spiro atoms. The van der Waals surface area contributed by atoms with Gasteiger partial charge in [-0.05, 0) is 43.3 Å². The van der Waals surface area contributed by atoms with Crippen molar-refractivity contribution < 1.29 is 23.0 Å². The lowest BCUT2D eigenvalue weighted by Gasteiger charge is -2.48. The van der Waals surface area contributed by atoms with Gasteiger partial charge in [0.25, 0.3) is 0 Å². The van der Waals surface area contributed by atoms with E-state index in [0.29, 0.717) is 79.4 Å². The van der Waals surface area contributed by atoms with Crippen LogP contribution in [0.4, 0.5) is 14.6 Å². The molecule has 4 saturated heterocycles. The van der Waals surface area contributed by atoms with Gasteiger partial charge in [0.05, 0.1) is 23.1 Å². The normalized spacial score (nSPS) is 26.1. The zero-order chi connectivity index (χ0) is 32.3. The van der Waals surface area contributed by atoms with E-state index in [9.17, 15) is 9.18 Å². The average molecular weight is 661 g/mol. The molecule has 0 unspecified atom stereocenters. The number of piperazine rings is 1. The summed E-state index contributed by atoms with van der Waals surface area (Å²) in [6, 6.07) is 11.1. The van der Waals surface area contributed by atoms with Gasteiger partial charge >= 0.3 is 6.01 Å². The number of alkyl halides is 1. The van der Waals surface area contributed by atoms with Gasteiger partial charge in [-0.3, -0.25) is 14.7 Å². The van der Waals surface area contributed by atoms with Crippen LogP contribution in [-0.2, 0) is 9.53 Å². The fourth-order valence-corrected chi connectivity index (χ4v) is 8.49. The summed E-state index contributed by atoms with van der Waals surface area (Å²) in [6.07, 6.45) is 4.85. The molecule has 0 aliphatic carbocycles. The van der Waals surface area contributed by atoms with Gasteiger partial charge in [0.15, 0.2) is 5.82 Å². The molecule has 0 N–H and O–H groups in total. The van der Waals surface area contributed by atoms with Crippen LogP contribution < -0.4 is 9.64 Å². The Morgan fingerprint density at radius 3 is 2.83 bits per heavy atom. The molecule has 9 nitrogen and oxygen atoms in total. The number of benzene rings is 2. The second-order valence-electron chi connectivity index (χ2n) is 13.2. The van der Waals surface area contributed by atoms with Crippen molar-refractivity contribution in [3.05, 3.63) is 66.1 Å². The highest BCUT2D eigenvalue weighted by atomic mass is 35.5. The fraction of sp³-hybridized carbons (Fsp3) is 0.429. The van der Waals surface area contributed by atoms with Crippen LogP contribution in [0, 0.1) is 5.82 Å². The maximum Gasteiger partial charge on any atom is 0.319 e. The second kappa shape index (κ2) is 11.6. The van der Waals surface area contributed by atoms with E-state index >= 15 is 4.39 Å². The Balaban J connectivity index is 1.24. The first-order valence-electron chi connectivity index (χ1n) is 16.1. The predicted molar refractivity (Wildman–Crippen MR) is 176 cm³/mol. The van der Waals surface area contributed by atoms with Crippen LogP contribution in [0.3, 0.4) is 0 Å². The van der Waals surface area contributed by atoms with E-state index in [0.717, 1.165) is 24.8 Å². The zero-order valence-corrected chi connectivity index (χ0v) is 26.7. The molecule has 47 heavy (non-hydrogen) atoms. The van der Waals surface area contributed by atoms with Crippen molar-refractivity contribution >= 4 is 45.0 Å². The molecule has 1 amide bonds. The number of aromatic nitrogens is 3. The summed E-state index contributed by atoms with van der Waals surface area (Å²) in [5, 5.41) is 2.48. The van der Waals surface area contributed by atoms with Gasteiger partial charge in [-0.15, -0.1) is 0 Å². The topological polar surface area (TPSA) is 83.9 Å². The highest BCUT2D eigenvalue weighted by Gasteiger charge is 2.50. The molecule has 4 aromatic rings. The highest BCUT2D eigenvalue weighted by Crippen LogP contribution is 2.42. The lowest BCUT2D eigenvalue weighted by molar-refractivity contribution is -0.133. The number of carbonyl (C=O) groups is 1. The standard InChI is InChI=1S/C35H35ClF2N6O3/c1-2-27(45)44-14-13-42(19-35(44)11-15-46-20-35)32-25-17-39-30(24-8-3-6-22-7-4-9-26(36)28(22)24)29(38)31(25)40-33(41-32)47-21-34-10-5-12-43(34)18-23(37)16-34/h2-4,6-9,17,23H,1,5,10-16,18-21H2/t23-,34+,35+/m1/s1. The first-order chi connectivity index (χ1) is 22.8. The van der Waals surface area contributed by atoms with Crippen molar-refractivity contribution in [3.8, 4) is 17.3 Å². The molecule has 0 radical (unpaired) electrons. The molecule has 12 heteroatoms. The van der Waals surface area contributed by atoms with E-state index in [1.807, 2.05) is 34.1 Å². The van der Waals surface area contributed by atoms with Crippen molar-refractivity contribution in [2.45, 2.75) is 42.9 Å². The van der Waals surface area contributed by atoms with E-state index in [1.54, 1.807) is 18.3 Å². The Labute approximate surface area is 276 Å². The van der Waals surface area contributed by atoms with Gasteiger partial charge in [-0.1, -0.05) is 48.5 Å². The maximum atomic E-state index is 16.8. The van der Waals surface area contributed by atoms with E-state index < -0.39 is 23.1 Å². The summed E-state index contributed by atoms with van der Waals surface area (Å²) in [5.74, 6) is -0.305. The molecular formula is C35H35ClF2N6O3. The summed E-state index contributed by atoms with van der Waals surface area (Å²) < 4.78 is 43.5. The van der Waals surface area contributed by atoms with Crippen molar-refractivity contribution in [3.63, 3.8) is 0 Å². The average Bonchev–Trinajstić information content (AvgIpc) is 3.78. The molecule has 0 bridgehead atoms. The number of pyridine rings is 1. The van der Waals surface area contributed by atoms with E-state index in [4.69, 9.17) is 26.1 Å². The number of halogens is 3.